The van der Waals surface area contributed by atoms with Crippen LogP contribution in [0.1, 0.15) is 42.5 Å². The summed E-state index contributed by atoms with van der Waals surface area (Å²) in [7, 11) is -2.42. The Hall–Kier alpha value is -2.81. The molecular formula is C26H28N2O4S2. The average Bonchev–Trinajstić information content (AvgIpc) is 2.86. The summed E-state index contributed by atoms with van der Waals surface area (Å²) in [6.45, 7) is 0. The van der Waals surface area contributed by atoms with Crippen LogP contribution < -0.4 is 14.8 Å². The SMILES string of the molecule is COc1ccc(C(=O)Nc2ccccc2Sc2ccccc2)cc1S(=O)(=O)NC1CCCCC1. The second-order valence-electron chi connectivity index (χ2n) is 8.19. The number of anilines is 1. The van der Waals surface area contributed by atoms with Crippen LogP contribution in [0.2, 0.25) is 0 Å². The Morgan fingerprint density at radius 1 is 0.941 bits per heavy atom. The van der Waals surface area contributed by atoms with Crippen LogP contribution in [-0.4, -0.2) is 27.5 Å². The summed E-state index contributed by atoms with van der Waals surface area (Å²) in [5, 5.41) is 2.93. The van der Waals surface area contributed by atoms with E-state index in [1.54, 1.807) is 17.8 Å². The molecule has 178 valence electrons. The highest BCUT2D eigenvalue weighted by atomic mass is 32.2. The molecule has 3 aromatic rings. The molecule has 0 aliphatic heterocycles. The van der Waals surface area contributed by atoms with Crippen molar-refractivity contribution in [2.75, 3.05) is 12.4 Å². The fourth-order valence-electron chi connectivity index (χ4n) is 4.00. The van der Waals surface area contributed by atoms with Crippen molar-refractivity contribution in [3.05, 3.63) is 78.4 Å². The number of carbonyl (C=O) groups is 1. The van der Waals surface area contributed by atoms with E-state index in [1.807, 2.05) is 54.6 Å². The van der Waals surface area contributed by atoms with Crippen LogP contribution in [0.15, 0.2) is 87.5 Å². The Morgan fingerprint density at radius 3 is 2.38 bits per heavy atom. The summed E-state index contributed by atoms with van der Waals surface area (Å²) in [5.41, 5.74) is 0.895. The Labute approximate surface area is 205 Å². The molecule has 0 atom stereocenters. The topological polar surface area (TPSA) is 84.5 Å². The lowest BCUT2D eigenvalue weighted by Gasteiger charge is -2.23. The van der Waals surface area contributed by atoms with Crippen molar-refractivity contribution in [2.45, 2.75) is 52.8 Å². The number of hydrogen-bond acceptors (Lipinski definition) is 5. The number of amides is 1. The molecule has 3 aromatic carbocycles. The van der Waals surface area contributed by atoms with E-state index in [4.69, 9.17) is 4.74 Å². The summed E-state index contributed by atoms with van der Waals surface area (Å²) in [4.78, 5) is 15.0. The van der Waals surface area contributed by atoms with Gasteiger partial charge in [0.1, 0.15) is 10.6 Å². The Morgan fingerprint density at radius 2 is 1.65 bits per heavy atom. The highest BCUT2D eigenvalue weighted by Gasteiger charge is 2.26. The van der Waals surface area contributed by atoms with E-state index in [9.17, 15) is 13.2 Å². The molecular weight excluding hydrogens is 468 g/mol. The third-order valence-electron chi connectivity index (χ3n) is 5.75. The van der Waals surface area contributed by atoms with Crippen LogP contribution in [0.3, 0.4) is 0 Å². The predicted octanol–water partition coefficient (Wildman–Crippen LogP) is 5.71. The average molecular weight is 497 g/mol. The molecule has 0 unspecified atom stereocenters. The quantitative estimate of drug-likeness (QED) is 0.417. The predicted molar refractivity (Wildman–Crippen MR) is 135 cm³/mol. The summed E-state index contributed by atoms with van der Waals surface area (Å²) >= 11 is 1.54. The first-order valence-corrected chi connectivity index (χ1v) is 13.6. The van der Waals surface area contributed by atoms with Gasteiger partial charge in [0.25, 0.3) is 5.91 Å². The number of ether oxygens (including phenoxy) is 1. The first-order chi connectivity index (χ1) is 16.5. The fourth-order valence-corrected chi connectivity index (χ4v) is 6.42. The third-order valence-corrected chi connectivity index (χ3v) is 8.37. The minimum atomic E-state index is -3.84. The van der Waals surface area contributed by atoms with Crippen molar-refractivity contribution in [1.82, 2.24) is 4.72 Å². The molecule has 8 heteroatoms. The van der Waals surface area contributed by atoms with E-state index in [2.05, 4.69) is 10.0 Å². The van der Waals surface area contributed by atoms with Gasteiger partial charge in [-0.25, -0.2) is 13.1 Å². The van der Waals surface area contributed by atoms with Gasteiger partial charge in [-0.1, -0.05) is 61.4 Å². The van der Waals surface area contributed by atoms with Gasteiger partial charge in [-0.15, -0.1) is 0 Å². The van der Waals surface area contributed by atoms with Gasteiger partial charge in [0.05, 0.1) is 12.8 Å². The molecule has 4 rings (SSSR count). The number of methoxy groups -OCH3 is 1. The second kappa shape index (κ2) is 11.1. The first kappa shape index (κ1) is 24.3. The number of benzene rings is 3. The second-order valence-corrected chi connectivity index (χ2v) is 11.0. The highest BCUT2D eigenvalue weighted by Crippen LogP contribution is 2.34. The first-order valence-electron chi connectivity index (χ1n) is 11.3. The Balaban J connectivity index is 1.57. The van der Waals surface area contributed by atoms with E-state index in [0.717, 1.165) is 41.9 Å². The van der Waals surface area contributed by atoms with Gasteiger partial charge < -0.3 is 10.1 Å². The largest absolute Gasteiger partial charge is 0.495 e. The number of nitrogens with one attached hydrogen (secondary N) is 2. The molecule has 0 aromatic heterocycles. The molecule has 0 spiro atoms. The fraction of sp³-hybridized carbons (Fsp3) is 0.269. The van der Waals surface area contributed by atoms with E-state index in [1.165, 1.54) is 19.2 Å². The molecule has 1 fully saturated rings. The van der Waals surface area contributed by atoms with E-state index in [0.29, 0.717) is 5.69 Å². The zero-order valence-electron chi connectivity index (χ0n) is 19.0. The maximum Gasteiger partial charge on any atom is 0.255 e. The van der Waals surface area contributed by atoms with E-state index >= 15 is 0 Å². The van der Waals surface area contributed by atoms with E-state index < -0.39 is 15.9 Å². The molecule has 1 saturated carbocycles. The van der Waals surface area contributed by atoms with Crippen LogP contribution in [0, 0.1) is 0 Å². The molecule has 1 aliphatic rings. The lowest BCUT2D eigenvalue weighted by atomic mass is 9.96. The Bertz CT molecular complexity index is 1240. The van der Waals surface area contributed by atoms with Crippen LogP contribution in [0.25, 0.3) is 0 Å². The van der Waals surface area contributed by atoms with Crippen LogP contribution in [-0.2, 0) is 10.0 Å². The van der Waals surface area contributed by atoms with Crippen molar-refractivity contribution < 1.29 is 17.9 Å². The number of para-hydroxylation sites is 1. The monoisotopic (exact) mass is 496 g/mol. The van der Waals surface area contributed by atoms with Crippen molar-refractivity contribution in [3.8, 4) is 5.75 Å². The van der Waals surface area contributed by atoms with Gasteiger partial charge in [0, 0.05) is 21.4 Å². The minimum absolute atomic E-state index is 0.0276. The summed E-state index contributed by atoms with van der Waals surface area (Å²) in [6, 6.07) is 21.8. The summed E-state index contributed by atoms with van der Waals surface area (Å²) in [6.07, 6.45) is 4.77. The number of sulfonamides is 1. The molecule has 2 N–H and O–H groups in total. The van der Waals surface area contributed by atoms with Crippen molar-refractivity contribution in [2.24, 2.45) is 0 Å². The molecule has 34 heavy (non-hydrogen) atoms. The minimum Gasteiger partial charge on any atom is -0.495 e. The van der Waals surface area contributed by atoms with Crippen molar-refractivity contribution in [3.63, 3.8) is 0 Å². The lowest BCUT2D eigenvalue weighted by Crippen LogP contribution is -2.36. The van der Waals surface area contributed by atoms with Crippen molar-refractivity contribution >= 4 is 33.4 Å². The summed E-state index contributed by atoms with van der Waals surface area (Å²) < 4.78 is 34.4. The standard InChI is InChI=1S/C26H28N2O4S2/c1-32-23-17-16-19(18-25(23)34(30,31)28-20-10-4-2-5-11-20)26(29)27-22-14-8-9-15-24(22)33-21-12-6-3-7-13-21/h3,6-9,12-18,20,28H,2,4-5,10-11H2,1H3,(H,27,29). The molecule has 0 radical (unpaired) electrons. The van der Waals surface area contributed by atoms with Gasteiger partial charge in [-0.3, -0.25) is 4.79 Å². The van der Waals surface area contributed by atoms with Crippen LogP contribution in [0.4, 0.5) is 5.69 Å². The number of rotatable bonds is 8. The van der Waals surface area contributed by atoms with Gasteiger partial charge in [0.15, 0.2) is 0 Å². The molecule has 1 aliphatic carbocycles. The highest BCUT2D eigenvalue weighted by molar-refractivity contribution is 7.99. The van der Waals surface area contributed by atoms with Crippen LogP contribution >= 0.6 is 11.8 Å². The normalized spacial score (nSPS) is 14.5. The zero-order valence-corrected chi connectivity index (χ0v) is 20.6. The maximum absolute atomic E-state index is 13.1. The number of carbonyl (C=O) groups excluding carboxylic acids is 1. The van der Waals surface area contributed by atoms with Gasteiger partial charge in [0.2, 0.25) is 10.0 Å². The zero-order chi connectivity index (χ0) is 24.0. The number of hydrogen-bond donors (Lipinski definition) is 2. The third kappa shape index (κ3) is 6.00. The van der Waals surface area contributed by atoms with Gasteiger partial charge in [-0.05, 0) is 55.3 Å². The molecule has 6 nitrogen and oxygen atoms in total. The van der Waals surface area contributed by atoms with Gasteiger partial charge in [-0.2, -0.15) is 0 Å². The van der Waals surface area contributed by atoms with Gasteiger partial charge >= 0.3 is 0 Å². The molecule has 0 saturated heterocycles. The van der Waals surface area contributed by atoms with Crippen LogP contribution in [0.5, 0.6) is 5.75 Å². The van der Waals surface area contributed by atoms with E-state index in [-0.39, 0.29) is 22.3 Å². The Kier molecular flexibility index (Phi) is 7.92. The smallest absolute Gasteiger partial charge is 0.255 e. The lowest BCUT2D eigenvalue weighted by molar-refractivity contribution is 0.102. The molecule has 0 bridgehead atoms. The molecule has 1 amide bonds. The maximum atomic E-state index is 13.1. The van der Waals surface area contributed by atoms with Crippen molar-refractivity contribution in [1.29, 1.82) is 0 Å². The molecule has 0 heterocycles. The summed E-state index contributed by atoms with van der Waals surface area (Å²) in [5.74, 6) is -0.183.